The van der Waals surface area contributed by atoms with E-state index in [1.54, 1.807) is 0 Å². The van der Waals surface area contributed by atoms with E-state index in [1.807, 2.05) is 36.4 Å². The Labute approximate surface area is 141 Å². The summed E-state index contributed by atoms with van der Waals surface area (Å²) in [5.74, 6) is 0.243. The van der Waals surface area contributed by atoms with Gasteiger partial charge in [-0.15, -0.1) is 0 Å². The van der Waals surface area contributed by atoms with Gasteiger partial charge in [0.05, 0.1) is 11.1 Å². The Bertz CT molecular complexity index is 881. The van der Waals surface area contributed by atoms with Gasteiger partial charge in [-0.05, 0) is 44.2 Å². The van der Waals surface area contributed by atoms with Gasteiger partial charge in [-0.2, -0.15) is 0 Å². The molecule has 1 N–H and O–H groups in total. The van der Waals surface area contributed by atoms with E-state index < -0.39 is 0 Å². The lowest BCUT2D eigenvalue weighted by molar-refractivity contribution is 0.0976. The summed E-state index contributed by atoms with van der Waals surface area (Å²) in [6.45, 7) is 2.08. The third kappa shape index (κ3) is 1.79. The molecule has 122 valence electrons. The maximum atomic E-state index is 13.3. The van der Waals surface area contributed by atoms with Crippen molar-refractivity contribution in [1.82, 2.24) is 4.90 Å². The van der Waals surface area contributed by atoms with E-state index in [0.29, 0.717) is 5.57 Å². The van der Waals surface area contributed by atoms with E-state index in [0.717, 1.165) is 47.8 Å². The largest absolute Gasteiger partial charge is 0.507 e. The van der Waals surface area contributed by atoms with Crippen LogP contribution < -0.4 is 0 Å². The van der Waals surface area contributed by atoms with Crippen molar-refractivity contribution in [2.45, 2.75) is 37.6 Å². The Morgan fingerprint density at radius 2 is 1.58 bits per heavy atom. The monoisotopic (exact) mass is 319 g/mol. The molecule has 0 radical (unpaired) electrons. The molecule has 3 aliphatic rings. The van der Waals surface area contributed by atoms with E-state index in [4.69, 9.17) is 0 Å². The highest BCUT2D eigenvalue weighted by Gasteiger charge is 2.55. The number of ketones is 1. The average Bonchev–Trinajstić information content (AvgIpc) is 3.42. The molecule has 1 aliphatic heterocycles. The first-order valence-corrected chi connectivity index (χ1v) is 8.98. The highest BCUT2D eigenvalue weighted by molar-refractivity contribution is 6.25. The molecule has 1 saturated carbocycles. The normalized spacial score (nSPS) is 22.9. The fourth-order valence-electron chi connectivity index (χ4n) is 4.70. The first-order valence-electron chi connectivity index (χ1n) is 8.98. The van der Waals surface area contributed by atoms with Crippen molar-refractivity contribution in [2.24, 2.45) is 0 Å². The van der Waals surface area contributed by atoms with Gasteiger partial charge in [0.25, 0.3) is 0 Å². The number of likely N-dealkylation sites (tertiary alicyclic amines) is 1. The van der Waals surface area contributed by atoms with Crippen LogP contribution in [0.1, 0.15) is 48.0 Å². The lowest BCUT2D eigenvalue weighted by atomic mass is 9.82. The van der Waals surface area contributed by atoms with Gasteiger partial charge in [0.15, 0.2) is 5.78 Å². The predicted molar refractivity (Wildman–Crippen MR) is 95.2 cm³/mol. The summed E-state index contributed by atoms with van der Waals surface area (Å²) in [5, 5.41) is 13.0. The van der Waals surface area contributed by atoms with Crippen LogP contribution in [0.3, 0.4) is 0 Å². The van der Waals surface area contributed by atoms with Crippen molar-refractivity contribution >= 4 is 22.3 Å². The number of rotatable bonds is 2. The van der Waals surface area contributed by atoms with Crippen LogP contribution >= 0.6 is 0 Å². The van der Waals surface area contributed by atoms with Gasteiger partial charge in [-0.3, -0.25) is 9.69 Å². The fourth-order valence-corrected chi connectivity index (χ4v) is 4.70. The molecule has 1 heterocycles. The minimum absolute atomic E-state index is 0.0277. The van der Waals surface area contributed by atoms with Crippen LogP contribution in [-0.4, -0.2) is 34.4 Å². The molecule has 0 atom stereocenters. The van der Waals surface area contributed by atoms with Crippen molar-refractivity contribution in [3.05, 3.63) is 53.1 Å². The topological polar surface area (TPSA) is 40.5 Å². The zero-order chi connectivity index (χ0) is 16.3. The molecule has 0 spiro atoms. The van der Waals surface area contributed by atoms with Crippen molar-refractivity contribution in [3.8, 4) is 0 Å². The highest BCUT2D eigenvalue weighted by Crippen LogP contribution is 2.53. The van der Waals surface area contributed by atoms with Crippen LogP contribution in [0.2, 0.25) is 0 Å². The van der Waals surface area contributed by atoms with Gasteiger partial charge in [-0.1, -0.05) is 42.8 Å². The summed E-state index contributed by atoms with van der Waals surface area (Å²) >= 11 is 0. The molecule has 2 aromatic rings. The second-order valence-corrected chi connectivity index (χ2v) is 7.34. The van der Waals surface area contributed by atoms with Gasteiger partial charge in [0, 0.05) is 16.5 Å². The van der Waals surface area contributed by atoms with Gasteiger partial charge < -0.3 is 5.11 Å². The molecule has 3 heteroatoms. The van der Waals surface area contributed by atoms with Crippen LogP contribution in [0.4, 0.5) is 0 Å². The van der Waals surface area contributed by atoms with E-state index >= 15 is 0 Å². The predicted octanol–water partition coefficient (Wildman–Crippen LogP) is 4.32. The van der Waals surface area contributed by atoms with Crippen LogP contribution in [0, 0.1) is 0 Å². The number of hydrogen-bond donors (Lipinski definition) is 1. The number of carbonyl (C=O) groups is 1. The van der Waals surface area contributed by atoms with Gasteiger partial charge in [0.2, 0.25) is 0 Å². The Kier molecular flexibility index (Phi) is 2.93. The molecule has 0 bridgehead atoms. The van der Waals surface area contributed by atoms with Gasteiger partial charge >= 0.3 is 0 Å². The summed E-state index contributed by atoms with van der Waals surface area (Å²) in [5.41, 5.74) is 1.99. The van der Waals surface area contributed by atoms with Crippen molar-refractivity contribution in [2.75, 3.05) is 13.1 Å². The standard InChI is InChI=1S/C21H21NO2/c23-19-15-8-4-6-14-7-5-9-16(17(14)15)20(24)18(19)21(10-11-21)22-12-2-1-3-13-22/h4-9,23H,1-3,10-13H2. The minimum Gasteiger partial charge on any atom is -0.507 e. The smallest absolute Gasteiger partial charge is 0.195 e. The number of nitrogens with zero attached hydrogens (tertiary/aromatic N) is 1. The molecule has 3 nitrogen and oxygen atoms in total. The molecule has 2 aromatic carbocycles. The summed E-state index contributed by atoms with van der Waals surface area (Å²) in [7, 11) is 0. The minimum atomic E-state index is -0.225. The molecule has 1 saturated heterocycles. The Hall–Kier alpha value is -2.13. The number of aliphatic hydroxyl groups is 1. The lowest BCUT2D eigenvalue weighted by Gasteiger charge is -2.37. The second-order valence-electron chi connectivity index (χ2n) is 7.34. The third-order valence-electron chi connectivity index (χ3n) is 6.02. The van der Waals surface area contributed by atoms with Crippen LogP contribution in [0.15, 0.2) is 42.0 Å². The molecule has 0 unspecified atom stereocenters. The number of aliphatic hydroxyl groups excluding tert-OH is 1. The van der Waals surface area contributed by atoms with Gasteiger partial charge in [0.1, 0.15) is 5.76 Å². The van der Waals surface area contributed by atoms with Crippen molar-refractivity contribution in [1.29, 1.82) is 0 Å². The first-order chi connectivity index (χ1) is 11.7. The summed E-state index contributed by atoms with van der Waals surface area (Å²) in [6.07, 6.45) is 5.62. The molecule has 24 heavy (non-hydrogen) atoms. The number of carbonyl (C=O) groups excluding carboxylic acids is 1. The lowest BCUT2D eigenvalue weighted by Crippen LogP contribution is -2.45. The number of benzene rings is 2. The average molecular weight is 319 g/mol. The number of Topliss-reactive ketones (excluding diaryl/α,β-unsaturated/α-hetero) is 1. The van der Waals surface area contributed by atoms with E-state index in [-0.39, 0.29) is 17.1 Å². The van der Waals surface area contributed by atoms with Crippen LogP contribution in [-0.2, 0) is 0 Å². The maximum absolute atomic E-state index is 13.3. The SMILES string of the molecule is O=C1C(C2(N3CCCCC3)CC2)=C(O)c2cccc3cccc1c23. The maximum Gasteiger partial charge on any atom is 0.195 e. The fraction of sp³-hybridized carbons (Fsp3) is 0.381. The molecular formula is C21H21NO2. The second kappa shape index (κ2) is 4.93. The quantitative estimate of drug-likeness (QED) is 0.896. The van der Waals surface area contributed by atoms with Crippen molar-refractivity contribution < 1.29 is 9.90 Å². The first kappa shape index (κ1) is 14.2. The van der Waals surface area contributed by atoms with Crippen LogP contribution in [0.5, 0.6) is 0 Å². The van der Waals surface area contributed by atoms with Crippen LogP contribution in [0.25, 0.3) is 16.5 Å². The molecule has 5 rings (SSSR count). The number of piperidine rings is 1. The Morgan fingerprint density at radius 1 is 0.917 bits per heavy atom. The van der Waals surface area contributed by atoms with E-state index in [9.17, 15) is 9.90 Å². The third-order valence-corrected chi connectivity index (χ3v) is 6.02. The summed E-state index contributed by atoms with van der Waals surface area (Å²) < 4.78 is 0. The Morgan fingerprint density at radius 3 is 2.25 bits per heavy atom. The number of hydrogen-bond acceptors (Lipinski definition) is 3. The van der Waals surface area contributed by atoms with Crippen molar-refractivity contribution in [3.63, 3.8) is 0 Å². The van der Waals surface area contributed by atoms with E-state index in [2.05, 4.69) is 4.90 Å². The molecular weight excluding hydrogens is 298 g/mol. The zero-order valence-electron chi connectivity index (χ0n) is 13.7. The summed E-state index contributed by atoms with van der Waals surface area (Å²) in [4.78, 5) is 15.8. The Balaban J connectivity index is 1.72. The highest BCUT2D eigenvalue weighted by atomic mass is 16.3. The zero-order valence-corrected chi connectivity index (χ0v) is 13.7. The molecule has 0 amide bonds. The summed E-state index contributed by atoms with van der Waals surface area (Å²) in [6, 6.07) is 11.8. The molecule has 2 aliphatic carbocycles. The van der Waals surface area contributed by atoms with E-state index in [1.165, 1.54) is 19.3 Å². The molecule has 0 aromatic heterocycles. The molecule has 2 fully saturated rings. The van der Waals surface area contributed by atoms with Gasteiger partial charge in [-0.25, -0.2) is 0 Å².